The summed E-state index contributed by atoms with van der Waals surface area (Å²) in [5.41, 5.74) is 0.0820. The molecule has 0 spiro atoms. The summed E-state index contributed by atoms with van der Waals surface area (Å²) >= 11 is 10.8. The highest BCUT2D eigenvalue weighted by atomic mass is 79.9. The third-order valence-electron chi connectivity index (χ3n) is 2.06. The van der Waals surface area contributed by atoms with Gasteiger partial charge in [0.15, 0.2) is 0 Å². The second-order valence-electron chi connectivity index (χ2n) is 3.38. The topological polar surface area (TPSA) is 50.2 Å². The fourth-order valence-electron chi connectivity index (χ4n) is 1.26. The fraction of sp³-hybridized carbons (Fsp3) is 0. The maximum Gasteiger partial charge on any atom is 0.337 e. The van der Waals surface area contributed by atoms with Gasteiger partial charge in [0, 0.05) is 15.6 Å². The lowest BCUT2D eigenvalue weighted by Gasteiger charge is -2.04. The van der Waals surface area contributed by atoms with Crippen LogP contribution in [-0.4, -0.2) is 16.1 Å². The van der Waals surface area contributed by atoms with Gasteiger partial charge in [-0.25, -0.2) is 9.78 Å². The number of carboxylic acid groups (broad SMARTS) is 1. The zero-order valence-corrected chi connectivity index (χ0v) is 12.1. The van der Waals surface area contributed by atoms with Gasteiger partial charge in [-0.2, -0.15) is 0 Å². The maximum absolute atomic E-state index is 10.8. The fourth-order valence-corrected chi connectivity index (χ4v) is 2.91. The van der Waals surface area contributed by atoms with Gasteiger partial charge >= 0.3 is 5.97 Å². The molecule has 1 aromatic carbocycles. The average Bonchev–Trinajstić information content (AvgIpc) is 2.31. The summed E-state index contributed by atoms with van der Waals surface area (Å²) in [4.78, 5) is 15.8. The summed E-state index contributed by atoms with van der Waals surface area (Å²) in [7, 11) is 0. The van der Waals surface area contributed by atoms with Crippen LogP contribution in [0, 0.1) is 0 Å². The second kappa shape index (κ2) is 5.73. The van der Waals surface area contributed by atoms with Gasteiger partial charge in [0.25, 0.3) is 0 Å². The lowest BCUT2D eigenvalue weighted by Crippen LogP contribution is -1.97. The van der Waals surface area contributed by atoms with E-state index in [0.717, 1.165) is 9.37 Å². The second-order valence-corrected chi connectivity index (χ2v) is 5.76. The van der Waals surface area contributed by atoms with Crippen molar-refractivity contribution in [2.45, 2.75) is 9.92 Å². The molecule has 0 amide bonds. The predicted molar refractivity (Wildman–Crippen MR) is 74.5 cm³/mol. The van der Waals surface area contributed by atoms with Crippen molar-refractivity contribution in [1.82, 2.24) is 4.98 Å². The van der Waals surface area contributed by atoms with Crippen LogP contribution in [0.2, 0.25) is 5.02 Å². The van der Waals surface area contributed by atoms with Crippen LogP contribution < -0.4 is 0 Å². The molecule has 0 atom stereocenters. The number of halogens is 2. The van der Waals surface area contributed by atoms with Gasteiger partial charge in [0.1, 0.15) is 5.03 Å². The van der Waals surface area contributed by atoms with E-state index >= 15 is 0 Å². The van der Waals surface area contributed by atoms with Crippen molar-refractivity contribution in [3.05, 3.63) is 51.6 Å². The van der Waals surface area contributed by atoms with E-state index in [1.807, 2.05) is 24.3 Å². The van der Waals surface area contributed by atoms with Gasteiger partial charge < -0.3 is 5.11 Å². The van der Waals surface area contributed by atoms with Crippen LogP contribution in [0.15, 0.2) is 50.9 Å². The number of hydrogen-bond acceptors (Lipinski definition) is 3. The number of carbonyl (C=O) groups is 1. The van der Waals surface area contributed by atoms with Gasteiger partial charge in [0.05, 0.1) is 10.6 Å². The summed E-state index contributed by atoms with van der Waals surface area (Å²) < 4.78 is 0.964. The molecule has 0 saturated carbocycles. The van der Waals surface area contributed by atoms with Crippen molar-refractivity contribution < 1.29 is 9.90 Å². The molecule has 1 aromatic heterocycles. The Morgan fingerprint density at radius 1 is 1.39 bits per heavy atom. The predicted octanol–water partition coefficient (Wildman–Crippen LogP) is 4.35. The molecule has 2 aromatic rings. The summed E-state index contributed by atoms with van der Waals surface area (Å²) in [6.45, 7) is 0. The number of carboxylic acids is 1. The largest absolute Gasteiger partial charge is 0.478 e. The van der Waals surface area contributed by atoms with Crippen LogP contribution in [0.4, 0.5) is 0 Å². The first-order chi connectivity index (χ1) is 8.56. The normalized spacial score (nSPS) is 10.3. The van der Waals surface area contributed by atoms with Gasteiger partial charge in [-0.05, 0) is 24.3 Å². The third kappa shape index (κ3) is 3.25. The van der Waals surface area contributed by atoms with E-state index in [2.05, 4.69) is 20.9 Å². The molecule has 0 unspecified atom stereocenters. The minimum absolute atomic E-state index is 0.0820. The van der Waals surface area contributed by atoms with E-state index in [0.29, 0.717) is 10.0 Å². The van der Waals surface area contributed by atoms with E-state index in [4.69, 9.17) is 16.7 Å². The van der Waals surface area contributed by atoms with Crippen LogP contribution in [0.3, 0.4) is 0 Å². The van der Waals surface area contributed by atoms with E-state index in [1.165, 1.54) is 24.0 Å². The molecular weight excluding hydrogens is 338 g/mol. The van der Waals surface area contributed by atoms with Crippen LogP contribution in [0.25, 0.3) is 0 Å². The SMILES string of the molecule is O=C(O)c1cnc(Sc2cccc(Br)c2)c(Cl)c1. The lowest BCUT2D eigenvalue weighted by atomic mass is 10.3. The molecule has 0 aliphatic heterocycles. The molecule has 0 bridgehead atoms. The molecule has 0 radical (unpaired) electrons. The van der Waals surface area contributed by atoms with E-state index in [9.17, 15) is 4.79 Å². The van der Waals surface area contributed by atoms with Gasteiger partial charge in [-0.3, -0.25) is 0 Å². The average molecular weight is 345 g/mol. The molecule has 3 nitrogen and oxygen atoms in total. The van der Waals surface area contributed by atoms with Crippen molar-refractivity contribution in [3.63, 3.8) is 0 Å². The number of rotatable bonds is 3. The standard InChI is InChI=1S/C12H7BrClNO2S/c13-8-2-1-3-9(5-8)18-11-10(14)4-7(6-15-11)12(16)17/h1-6H,(H,16,17). The first kappa shape index (κ1) is 13.4. The molecule has 92 valence electrons. The molecule has 0 saturated heterocycles. The molecule has 2 rings (SSSR count). The van der Waals surface area contributed by atoms with Crippen molar-refractivity contribution in [2.24, 2.45) is 0 Å². The molecule has 0 aliphatic carbocycles. The Morgan fingerprint density at radius 3 is 2.78 bits per heavy atom. The summed E-state index contributed by atoms with van der Waals surface area (Å²) in [5, 5.41) is 9.73. The maximum atomic E-state index is 10.8. The van der Waals surface area contributed by atoms with Gasteiger partial charge in [-0.15, -0.1) is 0 Å². The zero-order chi connectivity index (χ0) is 13.1. The zero-order valence-electron chi connectivity index (χ0n) is 8.93. The van der Waals surface area contributed by atoms with E-state index in [1.54, 1.807) is 0 Å². The monoisotopic (exact) mass is 343 g/mol. The molecule has 18 heavy (non-hydrogen) atoms. The highest BCUT2D eigenvalue weighted by Gasteiger charge is 2.09. The highest BCUT2D eigenvalue weighted by molar-refractivity contribution is 9.10. The first-order valence-corrected chi connectivity index (χ1v) is 6.87. The Kier molecular flexibility index (Phi) is 4.27. The van der Waals surface area contributed by atoms with Crippen molar-refractivity contribution in [2.75, 3.05) is 0 Å². The smallest absolute Gasteiger partial charge is 0.337 e. The summed E-state index contributed by atoms with van der Waals surface area (Å²) in [6.07, 6.45) is 1.30. The number of pyridine rings is 1. The van der Waals surface area contributed by atoms with Gasteiger partial charge in [-0.1, -0.05) is 45.4 Å². The lowest BCUT2D eigenvalue weighted by molar-refractivity contribution is 0.0696. The number of hydrogen-bond donors (Lipinski definition) is 1. The number of aromatic nitrogens is 1. The minimum atomic E-state index is -1.04. The Balaban J connectivity index is 2.27. The molecule has 0 aliphatic rings. The Hall–Kier alpha value is -1.04. The molecule has 1 N–H and O–H groups in total. The van der Waals surface area contributed by atoms with E-state index in [-0.39, 0.29) is 5.56 Å². The van der Waals surface area contributed by atoms with Crippen molar-refractivity contribution >= 4 is 45.3 Å². The van der Waals surface area contributed by atoms with Crippen LogP contribution in [0.1, 0.15) is 10.4 Å². The van der Waals surface area contributed by atoms with E-state index < -0.39 is 5.97 Å². The Morgan fingerprint density at radius 2 is 2.17 bits per heavy atom. The molecule has 1 heterocycles. The van der Waals surface area contributed by atoms with Crippen LogP contribution >= 0.6 is 39.3 Å². The first-order valence-electron chi connectivity index (χ1n) is 4.88. The van der Waals surface area contributed by atoms with Crippen molar-refractivity contribution in [1.29, 1.82) is 0 Å². The van der Waals surface area contributed by atoms with Gasteiger partial charge in [0.2, 0.25) is 0 Å². The number of aromatic carboxylic acids is 1. The Labute approximate surface area is 121 Å². The van der Waals surface area contributed by atoms with Crippen molar-refractivity contribution in [3.8, 4) is 0 Å². The Bertz CT molecular complexity index is 606. The van der Waals surface area contributed by atoms with Crippen LogP contribution in [-0.2, 0) is 0 Å². The highest BCUT2D eigenvalue weighted by Crippen LogP contribution is 2.32. The molecular formula is C12H7BrClNO2S. The summed E-state index contributed by atoms with van der Waals surface area (Å²) in [5.74, 6) is -1.04. The molecule has 0 fully saturated rings. The number of benzene rings is 1. The summed E-state index contributed by atoms with van der Waals surface area (Å²) in [6, 6.07) is 9.10. The third-order valence-corrected chi connectivity index (χ3v) is 3.97. The molecule has 6 heteroatoms. The quantitative estimate of drug-likeness (QED) is 0.899. The van der Waals surface area contributed by atoms with Crippen LogP contribution in [0.5, 0.6) is 0 Å². The number of nitrogens with zero attached hydrogens (tertiary/aromatic N) is 1. The minimum Gasteiger partial charge on any atom is -0.478 e.